The van der Waals surface area contributed by atoms with Crippen LogP contribution in [-0.4, -0.2) is 0 Å². The lowest BCUT2D eigenvalue weighted by molar-refractivity contribution is 0.656. The summed E-state index contributed by atoms with van der Waals surface area (Å²) >= 11 is 0. The summed E-state index contributed by atoms with van der Waals surface area (Å²) in [6.07, 6.45) is 7.66. The van der Waals surface area contributed by atoms with Crippen molar-refractivity contribution in [2.24, 2.45) is 0 Å². The van der Waals surface area contributed by atoms with Crippen molar-refractivity contribution in [2.75, 3.05) is 0 Å². The minimum absolute atomic E-state index is 0.241. The minimum Gasteiger partial charge on any atom is -0.207 e. The van der Waals surface area contributed by atoms with Crippen LogP contribution in [0.3, 0.4) is 0 Å². The number of rotatable bonds is 5. The van der Waals surface area contributed by atoms with Crippen molar-refractivity contribution in [1.82, 2.24) is 0 Å². The first-order valence-corrected chi connectivity index (χ1v) is 5.07. The van der Waals surface area contributed by atoms with E-state index in [9.17, 15) is 4.39 Å². The molecule has 0 spiro atoms. The fraction of sp³-hybridized carbons (Fsp3) is 0.286. The van der Waals surface area contributed by atoms with E-state index in [1.165, 1.54) is 6.08 Å². The largest absolute Gasteiger partial charge is 0.207 e. The molecule has 0 saturated heterocycles. The summed E-state index contributed by atoms with van der Waals surface area (Å²) in [6.45, 7) is 13.2. The van der Waals surface area contributed by atoms with Crippen LogP contribution < -0.4 is 0 Å². The van der Waals surface area contributed by atoms with E-state index in [1.54, 1.807) is 26.0 Å². The maximum atomic E-state index is 13.3. The highest BCUT2D eigenvalue weighted by Crippen LogP contribution is 2.17. The molecular weight excluding hydrogens is 187 g/mol. The molecule has 0 aliphatic rings. The summed E-state index contributed by atoms with van der Waals surface area (Å²) in [4.78, 5) is 0. The molecule has 0 aromatic rings. The van der Waals surface area contributed by atoms with Gasteiger partial charge in [-0.25, -0.2) is 4.39 Å². The van der Waals surface area contributed by atoms with Gasteiger partial charge in [0.05, 0.1) is 0 Å². The van der Waals surface area contributed by atoms with Crippen molar-refractivity contribution in [3.63, 3.8) is 0 Å². The lowest BCUT2D eigenvalue weighted by Gasteiger charge is -2.01. The molecule has 0 aliphatic carbocycles. The Kier molecular flexibility index (Phi) is 6.35. The van der Waals surface area contributed by atoms with Gasteiger partial charge in [-0.1, -0.05) is 43.9 Å². The van der Waals surface area contributed by atoms with Gasteiger partial charge in [0.25, 0.3) is 0 Å². The van der Waals surface area contributed by atoms with Gasteiger partial charge in [0.2, 0.25) is 0 Å². The van der Waals surface area contributed by atoms with Gasteiger partial charge in [0.15, 0.2) is 0 Å². The summed E-state index contributed by atoms with van der Waals surface area (Å²) in [7, 11) is 0. The van der Waals surface area contributed by atoms with Gasteiger partial charge >= 0.3 is 0 Å². The van der Waals surface area contributed by atoms with E-state index < -0.39 is 0 Å². The molecule has 0 radical (unpaired) electrons. The maximum Gasteiger partial charge on any atom is 0.126 e. The third-order valence-electron chi connectivity index (χ3n) is 2.13. The van der Waals surface area contributed by atoms with Crippen molar-refractivity contribution in [3.05, 3.63) is 60.0 Å². The maximum absolute atomic E-state index is 13.3. The molecule has 0 rings (SSSR count). The molecule has 0 heterocycles. The topological polar surface area (TPSA) is 0 Å². The van der Waals surface area contributed by atoms with Crippen LogP contribution in [0.15, 0.2) is 60.0 Å². The second kappa shape index (κ2) is 6.99. The number of hydrogen-bond donors (Lipinski definition) is 0. The van der Waals surface area contributed by atoms with Gasteiger partial charge in [-0.2, -0.15) is 0 Å². The Bertz CT molecular complexity index is 327. The van der Waals surface area contributed by atoms with E-state index in [4.69, 9.17) is 0 Å². The minimum atomic E-state index is -0.241. The van der Waals surface area contributed by atoms with Gasteiger partial charge < -0.3 is 0 Å². The van der Waals surface area contributed by atoms with E-state index in [0.29, 0.717) is 11.1 Å². The molecule has 0 saturated carbocycles. The summed E-state index contributed by atoms with van der Waals surface area (Å²) < 4.78 is 13.3. The Morgan fingerprint density at radius 3 is 2.27 bits per heavy atom. The van der Waals surface area contributed by atoms with Crippen LogP contribution in [-0.2, 0) is 0 Å². The monoisotopic (exact) mass is 206 g/mol. The van der Waals surface area contributed by atoms with E-state index in [1.807, 2.05) is 13.0 Å². The molecule has 0 aromatic carbocycles. The molecule has 1 heteroatoms. The number of halogens is 1. The third-order valence-corrected chi connectivity index (χ3v) is 2.13. The second-order valence-electron chi connectivity index (χ2n) is 3.34. The predicted octanol–water partition coefficient (Wildman–Crippen LogP) is 4.88. The normalized spacial score (nSPS) is 13.3. The Labute approximate surface area is 92.2 Å². The molecule has 0 nitrogen and oxygen atoms in total. The number of hydrogen-bond acceptors (Lipinski definition) is 0. The number of allylic oxidation sites excluding steroid dienone is 8. The fourth-order valence-electron chi connectivity index (χ4n) is 0.886. The summed E-state index contributed by atoms with van der Waals surface area (Å²) in [5, 5.41) is 0. The predicted molar refractivity (Wildman–Crippen MR) is 66.3 cm³/mol. The molecular formula is C14H19F. The zero-order valence-electron chi connectivity index (χ0n) is 9.81. The SMILES string of the molecule is C=C(C=CC(=C)C(C)=C(F)C=CC)CC. The Hall–Kier alpha value is -1.37. The second-order valence-corrected chi connectivity index (χ2v) is 3.34. The van der Waals surface area contributed by atoms with Crippen LogP contribution in [0.4, 0.5) is 4.39 Å². The molecule has 0 fully saturated rings. The quantitative estimate of drug-likeness (QED) is 0.562. The van der Waals surface area contributed by atoms with Crippen LogP contribution >= 0.6 is 0 Å². The van der Waals surface area contributed by atoms with Gasteiger partial charge in [0, 0.05) is 0 Å². The molecule has 15 heavy (non-hydrogen) atoms. The average molecular weight is 206 g/mol. The summed E-state index contributed by atoms with van der Waals surface area (Å²) in [5.41, 5.74) is 2.25. The van der Waals surface area contributed by atoms with Crippen molar-refractivity contribution in [3.8, 4) is 0 Å². The fourth-order valence-corrected chi connectivity index (χ4v) is 0.886. The Morgan fingerprint density at radius 1 is 1.20 bits per heavy atom. The van der Waals surface area contributed by atoms with Gasteiger partial charge in [-0.05, 0) is 37.5 Å². The van der Waals surface area contributed by atoms with Gasteiger partial charge in [-0.15, -0.1) is 0 Å². The van der Waals surface area contributed by atoms with E-state index in [-0.39, 0.29) is 5.83 Å². The lowest BCUT2D eigenvalue weighted by atomic mass is 10.1. The van der Waals surface area contributed by atoms with Crippen LogP contribution in [0.25, 0.3) is 0 Å². The van der Waals surface area contributed by atoms with E-state index in [2.05, 4.69) is 13.2 Å². The zero-order chi connectivity index (χ0) is 11.8. The van der Waals surface area contributed by atoms with Gasteiger partial charge in [0.1, 0.15) is 5.83 Å². The Balaban J connectivity index is 4.67. The molecule has 0 aromatic heterocycles. The molecule has 0 unspecified atom stereocenters. The van der Waals surface area contributed by atoms with Crippen molar-refractivity contribution in [2.45, 2.75) is 27.2 Å². The highest BCUT2D eigenvalue weighted by molar-refractivity contribution is 5.42. The van der Waals surface area contributed by atoms with Crippen LogP contribution in [0.2, 0.25) is 0 Å². The molecule has 0 aliphatic heterocycles. The first-order valence-electron chi connectivity index (χ1n) is 5.07. The zero-order valence-corrected chi connectivity index (χ0v) is 9.81. The first-order chi connectivity index (χ1) is 7.02. The molecule has 0 N–H and O–H groups in total. The molecule has 0 atom stereocenters. The standard InChI is InChI=1S/C14H19F/c1-6-8-14(15)13(5)12(4)10-9-11(3)7-2/h6,8-10H,3-4,7H2,1-2,5H3. The highest BCUT2D eigenvalue weighted by atomic mass is 19.1. The molecule has 0 amide bonds. The van der Waals surface area contributed by atoms with Crippen molar-refractivity contribution >= 4 is 0 Å². The average Bonchev–Trinajstić information content (AvgIpc) is 2.24. The van der Waals surface area contributed by atoms with Gasteiger partial charge in [-0.3, -0.25) is 0 Å². The van der Waals surface area contributed by atoms with Crippen LogP contribution in [0.5, 0.6) is 0 Å². The Morgan fingerprint density at radius 2 is 1.80 bits per heavy atom. The van der Waals surface area contributed by atoms with E-state index >= 15 is 0 Å². The molecule has 0 bridgehead atoms. The van der Waals surface area contributed by atoms with Crippen molar-refractivity contribution < 1.29 is 4.39 Å². The summed E-state index contributed by atoms with van der Waals surface area (Å²) in [6, 6.07) is 0. The summed E-state index contributed by atoms with van der Waals surface area (Å²) in [5.74, 6) is -0.241. The molecule has 82 valence electrons. The third kappa shape index (κ3) is 5.16. The first kappa shape index (κ1) is 13.6. The lowest BCUT2D eigenvalue weighted by Crippen LogP contribution is -1.83. The van der Waals surface area contributed by atoms with E-state index in [0.717, 1.165) is 12.0 Å². The van der Waals surface area contributed by atoms with Crippen LogP contribution in [0, 0.1) is 0 Å². The highest BCUT2D eigenvalue weighted by Gasteiger charge is 1.99. The van der Waals surface area contributed by atoms with Crippen molar-refractivity contribution in [1.29, 1.82) is 0 Å². The smallest absolute Gasteiger partial charge is 0.126 e. The van der Waals surface area contributed by atoms with Crippen LogP contribution in [0.1, 0.15) is 27.2 Å².